The molecule has 3 N–H and O–H groups in total. The zero-order valence-electron chi connectivity index (χ0n) is 19.8. The maximum Gasteiger partial charge on any atom is 0.354 e. The molecule has 0 aliphatic carbocycles. The number of carbonyl (C=O) groups is 1. The van der Waals surface area contributed by atoms with Crippen LogP contribution in [0.3, 0.4) is 0 Å². The summed E-state index contributed by atoms with van der Waals surface area (Å²) < 4.78 is 22.0. The zero-order chi connectivity index (χ0) is 26.2. The molecule has 12 heteroatoms. The molecule has 0 spiro atoms. The second kappa shape index (κ2) is 12.3. The van der Waals surface area contributed by atoms with Crippen molar-refractivity contribution in [2.45, 2.75) is 39.5 Å². The van der Waals surface area contributed by atoms with Crippen LogP contribution in [-0.4, -0.2) is 44.4 Å². The van der Waals surface area contributed by atoms with Gasteiger partial charge in [0.25, 0.3) is 0 Å². The summed E-state index contributed by atoms with van der Waals surface area (Å²) in [6.07, 6.45) is -0.379. The molecule has 0 radical (unpaired) electrons. The standard InChI is InChI=1S/C24H27ClFN5O5/c1-15(2)36-20-8-7-18(13-19(20)26)28-22-29-23(34)30(11-9-21(33)27-10-12-32)24(35)31(22)14-16-3-5-17(25)6-4-16/h3-8,13,15,32H,9-12,14H2,1-2H3,(H,27,33)(H,28,29,34). The number of carbonyl (C=O) groups excluding carboxylic acids is 1. The third kappa shape index (κ3) is 7.15. The van der Waals surface area contributed by atoms with Crippen molar-refractivity contribution in [3.05, 3.63) is 79.8 Å². The summed E-state index contributed by atoms with van der Waals surface area (Å²) >= 11 is 5.96. The van der Waals surface area contributed by atoms with Gasteiger partial charge in [0.2, 0.25) is 11.9 Å². The molecule has 10 nitrogen and oxygen atoms in total. The van der Waals surface area contributed by atoms with Gasteiger partial charge in [-0.1, -0.05) is 23.7 Å². The van der Waals surface area contributed by atoms with Crippen LogP contribution in [0.4, 0.5) is 16.0 Å². The third-order valence-electron chi connectivity index (χ3n) is 4.95. The molecule has 1 amide bonds. The van der Waals surface area contributed by atoms with Crippen LogP contribution >= 0.6 is 11.6 Å². The lowest BCUT2D eigenvalue weighted by Gasteiger charge is -2.16. The molecule has 0 aliphatic rings. The van der Waals surface area contributed by atoms with E-state index < -0.39 is 23.1 Å². The molecule has 0 atom stereocenters. The number of nitrogens with zero attached hydrogens (tertiary/aromatic N) is 3. The van der Waals surface area contributed by atoms with Crippen LogP contribution in [0.25, 0.3) is 0 Å². The molecule has 0 unspecified atom stereocenters. The van der Waals surface area contributed by atoms with Gasteiger partial charge in [-0.2, -0.15) is 4.98 Å². The van der Waals surface area contributed by atoms with Crippen molar-refractivity contribution in [1.82, 2.24) is 19.4 Å². The van der Waals surface area contributed by atoms with Gasteiger partial charge in [-0.05, 0) is 43.7 Å². The predicted molar refractivity (Wildman–Crippen MR) is 133 cm³/mol. The van der Waals surface area contributed by atoms with Crippen LogP contribution in [0.2, 0.25) is 5.02 Å². The first-order chi connectivity index (χ1) is 17.2. The number of anilines is 2. The van der Waals surface area contributed by atoms with Crippen molar-refractivity contribution in [2.75, 3.05) is 18.5 Å². The number of aliphatic hydroxyl groups excluding tert-OH is 1. The van der Waals surface area contributed by atoms with Gasteiger partial charge in [0.15, 0.2) is 11.6 Å². The lowest BCUT2D eigenvalue weighted by Crippen LogP contribution is -2.43. The summed E-state index contributed by atoms with van der Waals surface area (Å²) in [5, 5.41) is 14.6. The van der Waals surface area contributed by atoms with Gasteiger partial charge in [0, 0.05) is 36.3 Å². The van der Waals surface area contributed by atoms with Crippen molar-refractivity contribution in [3.8, 4) is 5.75 Å². The Hall–Kier alpha value is -3.70. The summed E-state index contributed by atoms with van der Waals surface area (Å²) in [4.78, 5) is 41.9. The lowest BCUT2D eigenvalue weighted by molar-refractivity contribution is -0.121. The Labute approximate surface area is 211 Å². The van der Waals surface area contributed by atoms with Crippen LogP contribution in [0, 0.1) is 5.82 Å². The number of halogens is 2. The number of aromatic nitrogens is 3. The molecule has 0 aliphatic heterocycles. The van der Waals surface area contributed by atoms with E-state index in [1.165, 1.54) is 22.8 Å². The van der Waals surface area contributed by atoms with Crippen molar-refractivity contribution in [2.24, 2.45) is 0 Å². The molecule has 1 aromatic heterocycles. The van der Waals surface area contributed by atoms with Gasteiger partial charge in [-0.25, -0.2) is 18.5 Å². The molecule has 2 aromatic carbocycles. The second-order valence-electron chi connectivity index (χ2n) is 8.13. The largest absolute Gasteiger partial charge is 0.488 e. The van der Waals surface area contributed by atoms with Crippen LogP contribution < -0.4 is 26.7 Å². The molecule has 192 valence electrons. The first kappa shape index (κ1) is 26.9. The number of hydrogen-bond acceptors (Lipinski definition) is 7. The topological polar surface area (TPSA) is 127 Å². The summed E-state index contributed by atoms with van der Waals surface area (Å²) in [5.41, 5.74) is -0.627. The number of hydrogen-bond donors (Lipinski definition) is 3. The van der Waals surface area contributed by atoms with Gasteiger partial charge in [0.1, 0.15) is 0 Å². The molecule has 1 heterocycles. The molecule has 0 bridgehead atoms. The second-order valence-corrected chi connectivity index (χ2v) is 8.56. The smallest absolute Gasteiger partial charge is 0.354 e. The Morgan fingerprint density at radius 3 is 2.53 bits per heavy atom. The van der Waals surface area contributed by atoms with Crippen molar-refractivity contribution < 1.29 is 19.0 Å². The van der Waals surface area contributed by atoms with E-state index in [1.807, 2.05) is 0 Å². The van der Waals surface area contributed by atoms with Crippen LogP contribution in [-0.2, 0) is 17.9 Å². The van der Waals surface area contributed by atoms with E-state index in [9.17, 15) is 18.8 Å². The highest BCUT2D eigenvalue weighted by Gasteiger charge is 2.16. The predicted octanol–water partition coefficient (Wildman–Crippen LogP) is 2.28. The third-order valence-corrected chi connectivity index (χ3v) is 5.20. The van der Waals surface area contributed by atoms with Gasteiger partial charge in [-0.3, -0.25) is 9.36 Å². The zero-order valence-corrected chi connectivity index (χ0v) is 20.6. The maximum absolute atomic E-state index is 14.5. The molecule has 3 rings (SSSR count). The summed E-state index contributed by atoms with van der Waals surface area (Å²) in [7, 11) is 0. The van der Waals surface area contributed by atoms with Crippen LogP contribution in [0.5, 0.6) is 5.75 Å². The molecule has 36 heavy (non-hydrogen) atoms. The molecular formula is C24H27ClFN5O5. The molecule has 0 saturated heterocycles. The quantitative estimate of drug-likeness (QED) is 0.354. The van der Waals surface area contributed by atoms with Gasteiger partial charge < -0.3 is 20.5 Å². The van der Waals surface area contributed by atoms with E-state index in [0.29, 0.717) is 10.6 Å². The fraction of sp³-hybridized carbons (Fsp3) is 0.333. The van der Waals surface area contributed by atoms with E-state index in [1.54, 1.807) is 38.1 Å². The highest BCUT2D eigenvalue weighted by molar-refractivity contribution is 6.30. The fourth-order valence-electron chi connectivity index (χ4n) is 3.29. The summed E-state index contributed by atoms with van der Waals surface area (Å²) in [6.45, 7) is 3.20. The lowest BCUT2D eigenvalue weighted by atomic mass is 10.2. The van der Waals surface area contributed by atoms with E-state index in [2.05, 4.69) is 15.6 Å². The van der Waals surface area contributed by atoms with E-state index in [-0.39, 0.29) is 56.2 Å². The maximum atomic E-state index is 14.5. The van der Waals surface area contributed by atoms with Crippen molar-refractivity contribution >= 4 is 29.1 Å². The van der Waals surface area contributed by atoms with Crippen molar-refractivity contribution in [3.63, 3.8) is 0 Å². The molecule has 3 aromatic rings. The minimum absolute atomic E-state index is 0.0271. The van der Waals surface area contributed by atoms with Crippen LogP contribution in [0.1, 0.15) is 25.8 Å². The first-order valence-electron chi connectivity index (χ1n) is 11.2. The van der Waals surface area contributed by atoms with Gasteiger partial charge >= 0.3 is 11.4 Å². The average Bonchev–Trinajstić information content (AvgIpc) is 2.82. The van der Waals surface area contributed by atoms with E-state index >= 15 is 0 Å². The number of rotatable bonds is 11. The van der Waals surface area contributed by atoms with Gasteiger partial charge in [0.05, 0.1) is 19.3 Å². The Morgan fingerprint density at radius 1 is 1.17 bits per heavy atom. The SMILES string of the molecule is CC(C)Oc1ccc(Nc2nc(=O)n(CCC(=O)NCCO)c(=O)n2Cc2ccc(Cl)cc2)cc1F. The molecule has 0 saturated carbocycles. The number of aliphatic hydroxyl groups is 1. The minimum atomic E-state index is -0.870. The normalized spacial score (nSPS) is 10.9. The average molecular weight is 520 g/mol. The van der Waals surface area contributed by atoms with E-state index in [4.69, 9.17) is 21.4 Å². The summed E-state index contributed by atoms with van der Waals surface area (Å²) in [6, 6.07) is 10.9. The molecule has 0 fully saturated rings. The highest BCUT2D eigenvalue weighted by Crippen LogP contribution is 2.24. The Kier molecular flexibility index (Phi) is 9.20. The summed E-state index contributed by atoms with van der Waals surface area (Å²) in [5.74, 6) is -1.08. The number of nitrogens with one attached hydrogen (secondary N) is 2. The monoisotopic (exact) mass is 519 g/mol. The number of ether oxygens (including phenoxy) is 1. The van der Waals surface area contributed by atoms with Crippen LogP contribution in [0.15, 0.2) is 52.1 Å². The number of benzene rings is 2. The minimum Gasteiger partial charge on any atom is -0.488 e. The fourth-order valence-corrected chi connectivity index (χ4v) is 3.41. The first-order valence-corrected chi connectivity index (χ1v) is 11.6. The Balaban J connectivity index is 1.97. The highest BCUT2D eigenvalue weighted by atomic mass is 35.5. The molecular weight excluding hydrogens is 493 g/mol. The Bertz CT molecular complexity index is 1320. The van der Waals surface area contributed by atoms with Gasteiger partial charge in [-0.15, -0.1) is 0 Å². The van der Waals surface area contributed by atoms with E-state index in [0.717, 1.165) is 4.57 Å². The van der Waals surface area contributed by atoms with Crippen molar-refractivity contribution in [1.29, 1.82) is 0 Å². The number of amides is 1. The Morgan fingerprint density at radius 2 is 1.89 bits per heavy atom.